The molecule has 0 radical (unpaired) electrons. The predicted molar refractivity (Wildman–Crippen MR) is 104 cm³/mol. The second kappa shape index (κ2) is 8.27. The van der Waals surface area contributed by atoms with E-state index in [0.29, 0.717) is 16.9 Å². The van der Waals surface area contributed by atoms with E-state index in [0.717, 1.165) is 11.3 Å². The molecule has 1 heterocycles. The molecule has 10 heteroatoms. The minimum Gasteiger partial charge on any atom is -0.452 e. The lowest BCUT2D eigenvalue weighted by molar-refractivity contribution is -0.384. The molecule has 9 nitrogen and oxygen atoms in total. The highest BCUT2D eigenvalue weighted by Crippen LogP contribution is 2.27. The van der Waals surface area contributed by atoms with Crippen molar-refractivity contribution in [2.75, 3.05) is 17.7 Å². The fourth-order valence-electron chi connectivity index (χ4n) is 2.23. The summed E-state index contributed by atoms with van der Waals surface area (Å²) in [5.74, 6) is -1.20. The Kier molecular flexibility index (Phi) is 5.61. The van der Waals surface area contributed by atoms with Gasteiger partial charge in [0.1, 0.15) is 0 Å². The average molecular weight is 398 g/mol. The van der Waals surface area contributed by atoms with Gasteiger partial charge in [0.15, 0.2) is 11.7 Å². The molecule has 2 aromatic carbocycles. The van der Waals surface area contributed by atoms with Crippen molar-refractivity contribution in [1.82, 2.24) is 4.98 Å². The van der Waals surface area contributed by atoms with Gasteiger partial charge in [-0.3, -0.25) is 20.2 Å². The number of benzene rings is 2. The first-order chi connectivity index (χ1) is 13.4. The van der Waals surface area contributed by atoms with Crippen LogP contribution in [0.15, 0.2) is 53.9 Å². The molecule has 3 rings (SSSR count). The van der Waals surface area contributed by atoms with Gasteiger partial charge in [-0.05, 0) is 24.3 Å². The number of non-ortho nitro benzene ring substituents is 1. The number of amides is 1. The van der Waals surface area contributed by atoms with Crippen molar-refractivity contribution in [2.45, 2.75) is 0 Å². The van der Waals surface area contributed by atoms with E-state index < -0.39 is 23.4 Å². The van der Waals surface area contributed by atoms with Crippen LogP contribution in [-0.4, -0.2) is 28.4 Å². The molecule has 0 aliphatic carbocycles. The maximum Gasteiger partial charge on any atom is 0.338 e. The molecule has 3 aromatic rings. The molecule has 1 amide bonds. The summed E-state index contributed by atoms with van der Waals surface area (Å²) in [5, 5.41) is 15.3. The van der Waals surface area contributed by atoms with Crippen molar-refractivity contribution >= 4 is 39.7 Å². The molecule has 3 N–H and O–H groups in total. The van der Waals surface area contributed by atoms with Crippen LogP contribution in [0, 0.1) is 10.1 Å². The second-order valence-corrected chi connectivity index (χ2v) is 6.45. The number of anilines is 2. The maximum atomic E-state index is 12.0. The summed E-state index contributed by atoms with van der Waals surface area (Å²) in [6, 6.07) is 12.1. The van der Waals surface area contributed by atoms with Crippen molar-refractivity contribution in [1.29, 1.82) is 0 Å². The number of aromatic nitrogens is 1. The first kappa shape index (κ1) is 19.0. The Bertz CT molecular complexity index is 1030. The lowest BCUT2D eigenvalue weighted by Crippen LogP contribution is -2.20. The van der Waals surface area contributed by atoms with Crippen LogP contribution in [-0.2, 0) is 9.53 Å². The van der Waals surface area contributed by atoms with Crippen LogP contribution < -0.4 is 11.1 Å². The van der Waals surface area contributed by atoms with E-state index in [4.69, 9.17) is 10.5 Å². The first-order valence-corrected chi connectivity index (χ1v) is 8.83. The van der Waals surface area contributed by atoms with Gasteiger partial charge in [0.25, 0.3) is 11.6 Å². The standard InChI is InChI=1S/C18H14N4O5S/c19-13-6-4-11(5-7-13)17(24)27-9-16(23)21-18-20-15(10-28-18)12-2-1-3-14(8-12)22(25)26/h1-8,10H,9,19H2,(H,20,21,23). The Hall–Kier alpha value is -3.79. The largest absolute Gasteiger partial charge is 0.452 e. The third-order valence-electron chi connectivity index (χ3n) is 3.58. The van der Waals surface area contributed by atoms with Crippen LogP contribution in [0.4, 0.5) is 16.5 Å². The summed E-state index contributed by atoms with van der Waals surface area (Å²) < 4.78 is 4.95. The summed E-state index contributed by atoms with van der Waals surface area (Å²) in [4.78, 5) is 38.4. The Morgan fingerprint density at radius 2 is 1.96 bits per heavy atom. The number of nitrogens with one attached hydrogen (secondary N) is 1. The Morgan fingerprint density at radius 1 is 1.21 bits per heavy atom. The summed E-state index contributed by atoms with van der Waals surface area (Å²) >= 11 is 1.15. The van der Waals surface area contributed by atoms with Gasteiger partial charge in [-0.2, -0.15) is 0 Å². The molecule has 0 atom stereocenters. The van der Waals surface area contributed by atoms with Gasteiger partial charge in [-0.25, -0.2) is 9.78 Å². The number of nitrogen functional groups attached to an aromatic ring is 1. The molecule has 0 bridgehead atoms. The molecule has 0 aliphatic rings. The number of hydrogen-bond acceptors (Lipinski definition) is 8. The summed E-state index contributed by atoms with van der Waals surface area (Å²) in [7, 11) is 0. The van der Waals surface area contributed by atoms with Gasteiger partial charge in [0, 0.05) is 28.8 Å². The summed E-state index contributed by atoms with van der Waals surface area (Å²) in [6.07, 6.45) is 0. The topological polar surface area (TPSA) is 137 Å². The molecular formula is C18H14N4O5S. The van der Waals surface area contributed by atoms with Gasteiger partial charge in [-0.15, -0.1) is 11.3 Å². The van der Waals surface area contributed by atoms with E-state index in [1.54, 1.807) is 29.6 Å². The maximum absolute atomic E-state index is 12.0. The van der Waals surface area contributed by atoms with E-state index in [1.165, 1.54) is 24.3 Å². The van der Waals surface area contributed by atoms with Crippen LogP contribution in [0.5, 0.6) is 0 Å². The lowest BCUT2D eigenvalue weighted by atomic mass is 10.1. The number of nitrogens with zero attached hydrogens (tertiary/aromatic N) is 2. The number of ether oxygens (including phenoxy) is 1. The van der Waals surface area contributed by atoms with Gasteiger partial charge in [0.2, 0.25) is 0 Å². The number of carbonyl (C=O) groups excluding carboxylic acids is 2. The number of esters is 1. The molecule has 0 saturated carbocycles. The highest BCUT2D eigenvalue weighted by atomic mass is 32.1. The zero-order valence-corrected chi connectivity index (χ0v) is 15.1. The van der Waals surface area contributed by atoms with Crippen molar-refractivity contribution in [3.63, 3.8) is 0 Å². The highest BCUT2D eigenvalue weighted by molar-refractivity contribution is 7.14. The predicted octanol–water partition coefficient (Wildman–Crippen LogP) is 3.10. The smallest absolute Gasteiger partial charge is 0.338 e. The number of thiazole rings is 1. The SMILES string of the molecule is Nc1ccc(C(=O)OCC(=O)Nc2nc(-c3cccc([N+](=O)[O-])c3)cs2)cc1. The van der Waals surface area contributed by atoms with E-state index in [-0.39, 0.29) is 16.4 Å². The quantitative estimate of drug-likeness (QED) is 0.282. The van der Waals surface area contributed by atoms with Crippen LogP contribution in [0.3, 0.4) is 0 Å². The number of nitro groups is 1. The van der Waals surface area contributed by atoms with Crippen LogP contribution in [0.25, 0.3) is 11.3 Å². The van der Waals surface area contributed by atoms with E-state index in [1.807, 2.05) is 0 Å². The van der Waals surface area contributed by atoms with Gasteiger partial charge in [-0.1, -0.05) is 12.1 Å². The molecule has 28 heavy (non-hydrogen) atoms. The molecule has 0 aliphatic heterocycles. The van der Waals surface area contributed by atoms with E-state index in [2.05, 4.69) is 10.3 Å². The number of hydrogen-bond donors (Lipinski definition) is 2. The molecule has 0 spiro atoms. The van der Waals surface area contributed by atoms with Gasteiger partial charge < -0.3 is 10.5 Å². The summed E-state index contributed by atoms with van der Waals surface area (Å²) in [6.45, 7) is -0.477. The molecule has 142 valence electrons. The summed E-state index contributed by atoms with van der Waals surface area (Å²) in [5.41, 5.74) is 7.33. The van der Waals surface area contributed by atoms with Crippen LogP contribution >= 0.6 is 11.3 Å². The highest BCUT2D eigenvalue weighted by Gasteiger charge is 2.13. The molecule has 0 saturated heterocycles. The van der Waals surface area contributed by atoms with Crippen molar-refractivity contribution in [3.05, 3.63) is 69.6 Å². The van der Waals surface area contributed by atoms with Gasteiger partial charge in [0.05, 0.1) is 16.2 Å². The van der Waals surface area contributed by atoms with Crippen molar-refractivity contribution < 1.29 is 19.2 Å². The average Bonchev–Trinajstić information content (AvgIpc) is 3.15. The zero-order valence-electron chi connectivity index (χ0n) is 14.3. The number of nitrogens with two attached hydrogens (primary N) is 1. The minimum absolute atomic E-state index is 0.0503. The number of nitro benzene ring substituents is 1. The fourth-order valence-corrected chi connectivity index (χ4v) is 2.97. The zero-order chi connectivity index (χ0) is 20.1. The number of rotatable bonds is 6. The molecule has 1 aromatic heterocycles. The van der Waals surface area contributed by atoms with E-state index in [9.17, 15) is 19.7 Å². The Labute approximate surface area is 162 Å². The second-order valence-electron chi connectivity index (χ2n) is 5.59. The van der Waals surface area contributed by atoms with Crippen molar-refractivity contribution in [2.24, 2.45) is 0 Å². The minimum atomic E-state index is -0.647. The monoisotopic (exact) mass is 398 g/mol. The molecule has 0 fully saturated rings. The normalized spacial score (nSPS) is 10.3. The third kappa shape index (κ3) is 4.68. The fraction of sp³-hybridized carbons (Fsp3) is 0.0556. The van der Waals surface area contributed by atoms with E-state index >= 15 is 0 Å². The molecular weight excluding hydrogens is 384 g/mol. The lowest BCUT2D eigenvalue weighted by Gasteiger charge is -2.05. The van der Waals surface area contributed by atoms with Gasteiger partial charge >= 0.3 is 5.97 Å². The molecule has 0 unspecified atom stereocenters. The first-order valence-electron chi connectivity index (χ1n) is 7.95. The third-order valence-corrected chi connectivity index (χ3v) is 4.34. The number of carbonyl (C=O) groups is 2. The van der Waals surface area contributed by atoms with Crippen LogP contribution in [0.2, 0.25) is 0 Å². The van der Waals surface area contributed by atoms with Crippen LogP contribution in [0.1, 0.15) is 10.4 Å². The Morgan fingerprint density at radius 3 is 2.68 bits per heavy atom. The van der Waals surface area contributed by atoms with Crippen molar-refractivity contribution in [3.8, 4) is 11.3 Å². The Balaban J connectivity index is 1.58.